The first-order valence-corrected chi connectivity index (χ1v) is 6.55. The van der Waals surface area contributed by atoms with Crippen molar-refractivity contribution in [3.05, 3.63) is 64.5 Å². The van der Waals surface area contributed by atoms with Gasteiger partial charge in [-0.15, -0.1) is 0 Å². The second kappa shape index (κ2) is 5.85. The first-order chi connectivity index (χ1) is 9.79. The van der Waals surface area contributed by atoms with E-state index >= 15 is 0 Å². The average Bonchev–Trinajstić information content (AvgIpc) is 2.42. The number of benzene rings is 1. The van der Waals surface area contributed by atoms with Gasteiger partial charge in [-0.2, -0.15) is 13.2 Å². The third-order valence-corrected chi connectivity index (χ3v) is 3.50. The molecule has 0 bridgehead atoms. The molecule has 1 aromatic heterocycles. The molecular weight excluding hydrogens is 279 g/mol. The van der Waals surface area contributed by atoms with Crippen molar-refractivity contribution in [2.24, 2.45) is 0 Å². The lowest BCUT2D eigenvalue weighted by Gasteiger charge is -2.15. The molecular formula is C16H16F3NO. The highest BCUT2D eigenvalue weighted by molar-refractivity contribution is 5.34. The number of aryl methyl sites for hydroxylation is 2. The predicted molar refractivity (Wildman–Crippen MR) is 73.8 cm³/mol. The predicted octanol–water partition coefficient (Wildman–Crippen LogP) is 3.99. The van der Waals surface area contributed by atoms with Gasteiger partial charge < -0.3 is 5.11 Å². The Bertz CT molecular complexity index is 600. The van der Waals surface area contributed by atoms with Gasteiger partial charge in [0.2, 0.25) is 0 Å². The van der Waals surface area contributed by atoms with E-state index < -0.39 is 17.8 Å². The van der Waals surface area contributed by atoms with Gasteiger partial charge in [-0.25, -0.2) is 0 Å². The van der Waals surface area contributed by atoms with Crippen LogP contribution in [-0.4, -0.2) is 10.1 Å². The van der Waals surface area contributed by atoms with E-state index in [-0.39, 0.29) is 5.69 Å². The van der Waals surface area contributed by atoms with E-state index in [0.29, 0.717) is 6.42 Å². The SMILES string of the molecule is Cc1cccc(C)c1CC(O)c1ccc(C(F)(F)F)cn1. The van der Waals surface area contributed by atoms with Gasteiger partial charge in [0.15, 0.2) is 0 Å². The lowest BCUT2D eigenvalue weighted by atomic mass is 9.96. The van der Waals surface area contributed by atoms with Crippen LogP contribution in [-0.2, 0) is 12.6 Å². The molecule has 0 saturated heterocycles. The summed E-state index contributed by atoms with van der Waals surface area (Å²) in [6, 6.07) is 7.97. The first-order valence-electron chi connectivity index (χ1n) is 6.55. The van der Waals surface area contributed by atoms with Gasteiger partial charge in [0, 0.05) is 12.6 Å². The molecule has 21 heavy (non-hydrogen) atoms. The Hall–Kier alpha value is -1.88. The maximum absolute atomic E-state index is 12.5. The van der Waals surface area contributed by atoms with Crippen LogP contribution in [0.5, 0.6) is 0 Å². The molecule has 0 amide bonds. The number of pyridine rings is 1. The van der Waals surface area contributed by atoms with Crippen molar-refractivity contribution in [2.45, 2.75) is 32.5 Å². The molecule has 112 valence electrons. The Morgan fingerprint density at radius 1 is 1.10 bits per heavy atom. The third-order valence-electron chi connectivity index (χ3n) is 3.50. The average molecular weight is 295 g/mol. The smallest absolute Gasteiger partial charge is 0.386 e. The molecule has 0 aliphatic heterocycles. The van der Waals surface area contributed by atoms with E-state index in [4.69, 9.17) is 0 Å². The minimum absolute atomic E-state index is 0.241. The molecule has 0 aliphatic carbocycles. The summed E-state index contributed by atoms with van der Waals surface area (Å²) in [7, 11) is 0. The zero-order valence-electron chi connectivity index (χ0n) is 11.8. The second-order valence-corrected chi connectivity index (χ2v) is 5.06. The molecule has 1 N–H and O–H groups in total. The Balaban J connectivity index is 2.19. The van der Waals surface area contributed by atoms with Crippen molar-refractivity contribution in [1.82, 2.24) is 4.98 Å². The Morgan fingerprint density at radius 3 is 2.19 bits per heavy atom. The van der Waals surface area contributed by atoms with Gasteiger partial charge in [0.1, 0.15) is 0 Å². The van der Waals surface area contributed by atoms with Crippen molar-refractivity contribution < 1.29 is 18.3 Å². The number of aromatic nitrogens is 1. The monoisotopic (exact) mass is 295 g/mol. The van der Waals surface area contributed by atoms with Crippen molar-refractivity contribution in [3.63, 3.8) is 0 Å². The molecule has 2 nitrogen and oxygen atoms in total. The minimum Gasteiger partial charge on any atom is -0.386 e. The fraction of sp³-hybridized carbons (Fsp3) is 0.312. The highest BCUT2D eigenvalue weighted by Gasteiger charge is 2.30. The van der Waals surface area contributed by atoms with Crippen LogP contribution in [0.2, 0.25) is 0 Å². The minimum atomic E-state index is -4.41. The van der Waals surface area contributed by atoms with E-state index in [1.54, 1.807) is 0 Å². The van der Waals surface area contributed by atoms with E-state index in [1.807, 2.05) is 32.0 Å². The van der Waals surface area contributed by atoms with Crippen LogP contribution in [0, 0.1) is 13.8 Å². The van der Waals surface area contributed by atoms with Crippen LogP contribution in [0.1, 0.15) is 34.1 Å². The molecule has 5 heteroatoms. The molecule has 2 rings (SSSR count). The molecule has 0 aliphatic rings. The van der Waals surface area contributed by atoms with E-state index in [1.165, 1.54) is 6.07 Å². The number of hydrogen-bond acceptors (Lipinski definition) is 2. The first kappa shape index (κ1) is 15.5. The third kappa shape index (κ3) is 3.61. The van der Waals surface area contributed by atoms with Crippen molar-refractivity contribution in [2.75, 3.05) is 0 Å². The molecule has 1 aromatic carbocycles. The van der Waals surface area contributed by atoms with E-state index in [9.17, 15) is 18.3 Å². The highest BCUT2D eigenvalue weighted by atomic mass is 19.4. The van der Waals surface area contributed by atoms with Crippen LogP contribution in [0.4, 0.5) is 13.2 Å². The summed E-state index contributed by atoms with van der Waals surface area (Å²) in [5.74, 6) is 0. The number of rotatable bonds is 3. The van der Waals surface area contributed by atoms with Gasteiger partial charge in [0.05, 0.1) is 17.4 Å². The molecule has 0 saturated carbocycles. The van der Waals surface area contributed by atoms with Crippen LogP contribution in [0.25, 0.3) is 0 Å². The molecule has 0 fully saturated rings. The topological polar surface area (TPSA) is 33.1 Å². The quantitative estimate of drug-likeness (QED) is 0.928. The summed E-state index contributed by atoms with van der Waals surface area (Å²) in [5, 5.41) is 10.2. The van der Waals surface area contributed by atoms with Crippen LogP contribution in [0.3, 0.4) is 0 Å². The molecule has 2 aromatic rings. The van der Waals surface area contributed by atoms with Crippen molar-refractivity contribution in [3.8, 4) is 0 Å². The van der Waals surface area contributed by atoms with E-state index in [2.05, 4.69) is 4.98 Å². The number of aliphatic hydroxyl groups is 1. The fourth-order valence-corrected chi connectivity index (χ4v) is 2.24. The summed E-state index contributed by atoms with van der Waals surface area (Å²) in [6.07, 6.45) is -4.25. The second-order valence-electron chi connectivity index (χ2n) is 5.06. The van der Waals surface area contributed by atoms with E-state index in [0.717, 1.165) is 29.0 Å². The molecule has 0 radical (unpaired) electrons. The Morgan fingerprint density at radius 2 is 1.71 bits per heavy atom. The van der Waals surface area contributed by atoms with Gasteiger partial charge in [-0.3, -0.25) is 4.98 Å². The Labute approximate surface area is 121 Å². The van der Waals surface area contributed by atoms with Crippen LogP contribution < -0.4 is 0 Å². The largest absolute Gasteiger partial charge is 0.417 e. The van der Waals surface area contributed by atoms with Crippen LogP contribution in [0.15, 0.2) is 36.5 Å². The highest BCUT2D eigenvalue weighted by Crippen LogP contribution is 2.29. The lowest BCUT2D eigenvalue weighted by Crippen LogP contribution is -2.09. The normalized spacial score (nSPS) is 13.2. The molecule has 0 spiro atoms. The van der Waals surface area contributed by atoms with Gasteiger partial charge in [-0.1, -0.05) is 18.2 Å². The number of aliphatic hydroxyl groups excluding tert-OH is 1. The van der Waals surface area contributed by atoms with Gasteiger partial charge in [0.25, 0.3) is 0 Å². The lowest BCUT2D eigenvalue weighted by molar-refractivity contribution is -0.137. The fourth-order valence-electron chi connectivity index (χ4n) is 2.24. The van der Waals surface area contributed by atoms with Gasteiger partial charge in [-0.05, 0) is 42.7 Å². The van der Waals surface area contributed by atoms with Crippen LogP contribution >= 0.6 is 0 Å². The number of alkyl halides is 3. The summed E-state index contributed by atoms with van der Waals surface area (Å²) < 4.78 is 37.4. The summed E-state index contributed by atoms with van der Waals surface area (Å²) >= 11 is 0. The maximum Gasteiger partial charge on any atom is 0.417 e. The summed E-state index contributed by atoms with van der Waals surface area (Å²) in [5.41, 5.74) is 2.50. The zero-order chi connectivity index (χ0) is 15.6. The van der Waals surface area contributed by atoms with Gasteiger partial charge >= 0.3 is 6.18 Å². The molecule has 1 unspecified atom stereocenters. The Kier molecular flexibility index (Phi) is 4.32. The number of hydrogen-bond donors (Lipinski definition) is 1. The molecule has 1 atom stereocenters. The van der Waals surface area contributed by atoms with Crippen molar-refractivity contribution >= 4 is 0 Å². The molecule has 1 heterocycles. The maximum atomic E-state index is 12.5. The van der Waals surface area contributed by atoms with Crippen molar-refractivity contribution in [1.29, 1.82) is 0 Å². The number of nitrogens with zero attached hydrogens (tertiary/aromatic N) is 1. The summed E-state index contributed by atoms with van der Waals surface area (Å²) in [4.78, 5) is 3.73. The standard InChI is InChI=1S/C16H16F3NO/c1-10-4-3-5-11(2)13(10)8-15(21)14-7-6-12(9-20-14)16(17,18)19/h3-7,9,15,21H,8H2,1-2H3. The summed E-state index contributed by atoms with van der Waals surface area (Å²) in [6.45, 7) is 3.88. The zero-order valence-corrected chi connectivity index (χ0v) is 11.8. The number of halogens is 3.